The molecule has 3 heterocycles. The van der Waals surface area contributed by atoms with Crippen molar-refractivity contribution in [3.8, 4) is 17.2 Å². The summed E-state index contributed by atoms with van der Waals surface area (Å²) in [6.07, 6.45) is 4.18. The van der Waals surface area contributed by atoms with Crippen LogP contribution in [-0.4, -0.2) is 27.9 Å². The average Bonchev–Trinajstić information content (AvgIpc) is 3.11. The Morgan fingerprint density at radius 1 is 1.03 bits per heavy atom. The van der Waals surface area contributed by atoms with Gasteiger partial charge in [-0.15, -0.1) is 5.10 Å². The maximum Gasteiger partial charge on any atom is 0.155 e. The fourth-order valence-electron chi connectivity index (χ4n) is 3.85. The molecule has 0 bridgehead atoms. The van der Waals surface area contributed by atoms with Crippen LogP contribution in [0.2, 0.25) is 0 Å². The number of para-hydroxylation sites is 1. The molecule has 0 amide bonds. The molecule has 146 valence electrons. The number of rotatable bonds is 4. The maximum absolute atomic E-state index is 6.17. The zero-order chi connectivity index (χ0) is 19.6. The molecule has 1 unspecified atom stereocenters. The predicted molar refractivity (Wildman–Crippen MR) is 115 cm³/mol. The summed E-state index contributed by atoms with van der Waals surface area (Å²) in [5.74, 6) is 2.51. The second-order valence-electron chi connectivity index (χ2n) is 7.38. The monoisotopic (exact) mass is 385 g/mol. The predicted octanol–water partition coefficient (Wildman–Crippen LogP) is 4.26. The number of benzene rings is 2. The molecule has 1 fully saturated rings. The first kappa shape index (κ1) is 17.7. The Kier molecular flexibility index (Phi) is 4.62. The van der Waals surface area contributed by atoms with E-state index in [4.69, 9.17) is 10.5 Å². The highest BCUT2D eigenvalue weighted by molar-refractivity contribution is 5.89. The van der Waals surface area contributed by atoms with E-state index < -0.39 is 0 Å². The quantitative estimate of drug-likeness (QED) is 0.549. The first-order chi connectivity index (χ1) is 14.3. The smallest absolute Gasteiger partial charge is 0.155 e. The van der Waals surface area contributed by atoms with Crippen molar-refractivity contribution in [3.63, 3.8) is 0 Å². The molecule has 6 nitrogen and oxygen atoms in total. The molecular weight excluding hydrogens is 362 g/mol. The fourth-order valence-corrected chi connectivity index (χ4v) is 3.85. The molecule has 1 aliphatic rings. The van der Waals surface area contributed by atoms with Crippen molar-refractivity contribution in [1.29, 1.82) is 0 Å². The average molecular weight is 385 g/mol. The Bertz CT molecular complexity index is 1120. The van der Waals surface area contributed by atoms with Crippen LogP contribution in [0.4, 0.5) is 5.82 Å². The van der Waals surface area contributed by atoms with Gasteiger partial charge in [-0.05, 0) is 61.9 Å². The number of ether oxygens (including phenoxy) is 1. The van der Waals surface area contributed by atoms with Crippen LogP contribution in [-0.2, 0) is 0 Å². The summed E-state index contributed by atoms with van der Waals surface area (Å²) >= 11 is 0. The number of nitrogen functional groups attached to an aromatic ring is 1. The van der Waals surface area contributed by atoms with Crippen LogP contribution in [0.1, 0.15) is 24.5 Å². The van der Waals surface area contributed by atoms with E-state index in [0.29, 0.717) is 11.7 Å². The van der Waals surface area contributed by atoms with Gasteiger partial charge in [-0.2, -0.15) is 0 Å². The molecule has 29 heavy (non-hydrogen) atoms. The Labute approximate surface area is 169 Å². The number of nitrogens with zero attached hydrogens (tertiary/aromatic N) is 3. The van der Waals surface area contributed by atoms with E-state index in [2.05, 4.69) is 21.5 Å². The van der Waals surface area contributed by atoms with Crippen LogP contribution in [0.25, 0.3) is 16.6 Å². The molecule has 0 saturated carbocycles. The number of pyridine rings is 1. The van der Waals surface area contributed by atoms with Gasteiger partial charge in [0.05, 0.1) is 16.6 Å². The number of piperidine rings is 1. The zero-order valence-corrected chi connectivity index (χ0v) is 16.1. The van der Waals surface area contributed by atoms with Gasteiger partial charge in [0.25, 0.3) is 0 Å². The molecule has 3 N–H and O–H groups in total. The van der Waals surface area contributed by atoms with Gasteiger partial charge in [-0.3, -0.25) is 4.98 Å². The SMILES string of the molecule is Nc1nn(-c2ccc(Oc3ccccc3)cc2)c2cc(C3CCCNC3)ncc12. The lowest BCUT2D eigenvalue weighted by Gasteiger charge is -2.22. The van der Waals surface area contributed by atoms with Crippen molar-refractivity contribution >= 4 is 16.7 Å². The maximum atomic E-state index is 6.17. The largest absolute Gasteiger partial charge is 0.457 e. The van der Waals surface area contributed by atoms with Gasteiger partial charge >= 0.3 is 0 Å². The lowest BCUT2D eigenvalue weighted by molar-refractivity contribution is 0.455. The summed E-state index contributed by atoms with van der Waals surface area (Å²) in [4.78, 5) is 4.67. The summed E-state index contributed by atoms with van der Waals surface area (Å²) < 4.78 is 7.78. The minimum Gasteiger partial charge on any atom is -0.457 e. The molecule has 2 aromatic carbocycles. The third-order valence-corrected chi connectivity index (χ3v) is 5.39. The Morgan fingerprint density at radius 2 is 1.83 bits per heavy atom. The van der Waals surface area contributed by atoms with Crippen LogP contribution in [0.5, 0.6) is 11.5 Å². The number of aromatic nitrogens is 3. The number of fused-ring (bicyclic) bond motifs is 1. The van der Waals surface area contributed by atoms with Crippen LogP contribution in [0.3, 0.4) is 0 Å². The van der Waals surface area contributed by atoms with Gasteiger partial charge in [0, 0.05) is 24.4 Å². The van der Waals surface area contributed by atoms with E-state index in [-0.39, 0.29) is 0 Å². The number of hydrogen-bond acceptors (Lipinski definition) is 5. The van der Waals surface area contributed by atoms with E-state index >= 15 is 0 Å². The highest BCUT2D eigenvalue weighted by atomic mass is 16.5. The molecule has 5 rings (SSSR count). The molecule has 0 aliphatic carbocycles. The summed E-state index contributed by atoms with van der Waals surface area (Å²) in [5.41, 5.74) is 9.18. The topological polar surface area (TPSA) is 78.0 Å². The first-order valence-corrected chi connectivity index (χ1v) is 9.96. The zero-order valence-electron chi connectivity index (χ0n) is 16.1. The van der Waals surface area contributed by atoms with E-state index in [9.17, 15) is 0 Å². The third-order valence-electron chi connectivity index (χ3n) is 5.39. The third kappa shape index (κ3) is 3.54. The minimum absolute atomic E-state index is 0.430. The molecule has 1 atom stereocenters. The number of anilines is 1. The molecule has 1 saturated heterocycles. The van der Waals surface area contributed by atoms with Crippen molar-refractivity contribution in [2.75, 3.05) is 18.8 Å². The number of hydrogen-bond donors (Lipinski definition) is 2. The second-order valence-corrected chi connectivity index (χ2v) is 7.38. The highest BCUT2D eigenvalue weighted by Gasteiger charge is 2.19. The minimum atomic E-state index is 0.430. The van der Waals surface area contributed by atoms with Gasteiger partial charge in [0.2, 0.25) is 0 Å². The summed E-state index contributed by atoms with van der Waals surface area (Å²) in [6, 6.07) is 19.7. The summed E-state index contributed by atoms with van der Waals surface area (Å²) in [6.45, 7) is 2.05. The second kappa shape index (κ2) is 7.56. The molecule has 0 spiro atoms. The van der Waals surface area contributed by atoms with Crippen LogP contribution in [0.15, 0.2) is 66.9 Å². The standard InChI is InChI=1S/C23H23N5O/c24-23-20-15-26-21(16-5-4-12-25-14-16)13-22(20)28(27-23)17-8-10-19(11-9-17)29-18-6-2-1-3-7-18/h1-3,6-11,13,15-16,25H,4-5,12,14H2,(H2,24,27). The van der Waals surface area contributed by atoms with E-state index in [1.54, 1.807) is 0 Å². The summed E-state index contributed by atoms with van der Waals surface area (Å²) in [5, 5.41) is 8.89. The first-order valence-electron chi connectivity index (χ1n) is 9.96. The number of nitrogens with one attached hydrogen (secondary N) is 1. The Hall–Kier alpha value is -3.38. The molecule has 4 aromatic rings. The van der Waals surface area contributed by atoms with Gasteiger partial charge in [0.1, 0.15) is 11.5 Å². The van der Waals surface area contributed by atoms with E-state index in [1.807, 2.05) is 65.5 Å². The van der Waals surface area contributed by atoms with E-state index in [1.165, 1.54) is 6.42 Å². The lowest BCUT2D eigenvalue weighted by Crippen LogP contribution is -2.28. The molecule has 1 aliphatic heterocycles. The Balaban J connectivity index is 1.47. The fraction of sp³-hybridized carbons (Fsp3) is 0.217. The van der Waals surface area contributed by atoms with Crippen LogP contribution >= 0.6 is 0 Å². The van der Waals surface area contributed by atoms with Crippen LogP contribution in [0, 0.1) is 0 Å². The van der Waals surface area contributed by atoms with Crippen molar-refractivity contribution in [3.05, 3.63) is 72.6 Å². The van der Waals surface area contributed by atoms with Crippen molar-refractivity contribution < 1.29 is 4.74 Å². The lowest BCUT2D eigenvalue weighted by atomic mass is 9.95. The molecule has 2 aromatic heterocycles. The van der Waals surface area contributed by atoms with Gasteiger partial charge in [-0.1, -0.05) is 18.2 Å². The number of nitrogens with two attached hydrogens (primary N) is 1. The van der Waals surface area contributed by atoms with Gasteiger partial charge < -0.3 is 15.8 Å². The van der Waals surface area contributed by atoms with Gasteiger partial charge in [0.15, 0.2) is 5.82 Å². The highest BCUT2D eigenvalue weighted by Crippen LogP contribution is 2.29. The van der Waals surface area contributed by atoms with Crippen molar-refractivity contribution in [2.45, 2.75) is 18.8 Å². The normalized spacial score (nSPS) is 16.8. The molecule has 0 radical (unpaired) electrons. The van der Waals surface area contributed by atoms with Crippen LogP contribution < -0.4 is 15.8 Å². The summed E-state index contributed by atoms with van der Waals surface area (Å²) in [7, 11) is 0. The molecular formula is C23H23N5O. The van der Waals surface area contributed by atoms with E-state index in [0.717, 1.165) is 53.3 Å². The van der Waals surface area contributed by atoms with Crippen molar-refractivity contribution in [2.24, 2.45) is 0 Å². The van der Waals surface area contributed by atoms with Gasteiger partial charge in [-0.25, -0.2) is 4.68 Å². The Morgan fingerprint density at radius 3 is 2.59 bits per heavy atom. The van der Waals surface area contributed by atoms with Crippen molar-refractivity contribution in [1.82, 2.24) is 20.1 Å². The molecule has 6 heteroatoms.